The second-order valence-corrected chi connectivity index (χ2v) is 4.65. The summed E-state index contributed by atoms with van der Waals surface area (Å²) in [5.74, 6) is 0.441. The molecule has 2 aromatic heterocycles. The molecule has 0 aliphatic carbocycles. The fraction of sp³-hybridized carbons (Fsp3) is 0.385. The van der Waals surface area contributed by atoms with Crippen LogP contribution in [0.3, 0.4) is 0 Å². The normalized spacial score (nSPS) is 15.9. The predicted molar refractivity (Wildman–Crippen MR) is 71.8 cm³/mol. The summed E-state index contributed by atoms with van der Waals surface area (Å²) in [4.78, 5) is 18.5. The Morgan fingerprint density at radius 1 is 1.42 bits per heavy atom. The summed E-state index contributed by atoms with van der Waals surface area (Å²) in [7, 11) is 1.90. The molecule has 0 saturated carbocycles. The molecule has 0 radical (unpaired) electrons. The molecule has 1 saturated heterocycles. The predicted octanol–water partition coefficient (Wildman–Crippen LogP) is 0.628. The number of ether oxygens (including phenoxy) is 1. The molecule has 3 heterocycles. The van der Waals surface area contributed by atoms with Gasteiger partial charge in [0, 0.05) is 37.9 Å². The minimum Gasteiger partial charge on any atom is -0.383 e. The zero-order valence-corrected chi connectivity index (χ0v) is 10.8. The largest absolute Gasteiger partial charge is 0.383 e. The van der Waals surface area contributed by atoms with Crippen LogP contribution in [0.1, 0.15) is 10.4 Å². The fourth-order valence-electron chi connectivity index (χ4n) is 2.43. The number of fused-ring (bicyclic) bond motifs is 1. The van der Waals surface area contributed by atoms with Crippen LogP contribution in [-0.4, -0.2) is 46.7 Å². The van der Waals surface area contributed by atoms with Gasteiger partial charge in [0.2, 0.25) is 0 Å². The lowest BCUT2D eigenvalue weighted by molar-refractivity contribution is 0.0303. The Balaban J connectivity index is 2.07. The lowest BCUT2D eigenvalue weighted by Gasteiger charge is -2.27. The van der Waals surface area contributed by atoms with Crippen LogP contribution < -0.4 is 5.73 Å². The lowest BCUT2D eigenvalue weighted by atomic mass is 10.1. The monoisotopic (exact) mass is 260 g/mol. The maximum atomic E-state index is 12.6. The van der Waals surface area contributed by atoms with Crippen molar-refractivity contribution >= 4 is 22.6 Å². The van der Waals surface area contributed by atoms with Crippen molar-refractivity contribution in [2.24, 2.45) is 7.05 Å². The lowest BCUT2D eigenvalue weighted by Crippen LogP contribution is -2.40. The number of amides is 1. The zero-order chi connectivity index (χ0) is 13.4. The number of morpholine rings is 1. The van der Waals surface area contributed by atoms with Gasteiger partial charge < -0.3 is 19.9 Å². The number of carbonyl (C=O) groups is 1. The zero-order valence-electron chi connectivity index (χ0n) is 10.8. The molecule has 1 amide bonds. The Labute approximate surface area is 110 Å². The van der Waals surface area contributed by atoms with Gasteiger partial charge in [-0.2, -0.15) is 0 Å². The van der Waals surface area contributed by atoms with Crippen molar-refractivity contribution < 1.29 is 9.53 Å². The average Bonchev–Trinajstić information content (AvgIpc) is 2.83. The molecule has 2 N–H and O–H groups in total. The summed E-state index contributed by atoms with van der Waals surface area (Å²) in [6.45, 7) is 2.42. The topological polar surface area (TPSA) is 73.4 Å². The van der Waals surface area contributed by atoms with Gasteiger partial charge in [-0.05, 0) is 6.07 Å². The van der Waals surface area contributed by atoms with E-state index in [0.717, 1.165) is 10.9 Å². The van der Waals surface area contributed by atoms with Crippen molar-refractivity contribution in [1.29, 1.82) is 0 Å². The maximum Gasteiger partial charge on any atom is 0.257 e. The Morgan fingerprint density at radius 2 is 2.16 bits per heavy atom. The number of nitrogens with zero attached hydrogens (tertiary/aromatic N) is 3. The minimum absolute atomic E-state index is 0.0115. The third-order valence-corrected chi connectivity index (χ3v) is 3.47. The van der Waals surface area contributed by atoms with Crippen LogP contribution in [0, 0.1) is 0 Å². The summed E-state index contributed by atoms with van der Waals surface area (Å²) >= 11 is 0. The third kappa shape index (κ3) is 1.94. The molecule has 1 aliphatic heterocycles. The molecule has 0 spiro atoms. The molecular formula is C13H16N4O2. The highest BCUT2D eigenvalue weighted by Crippen LogP contribution is 2.24. The van der Waals surface area contributed by atoms with Crippen LogP contribution in [0.5, 0.6) is 0 Å². The van der Waals surface area contributed by atoms with E-state index in [-0.39, 0.29) is 5.91 Å². The second kappa shape index (κ2) is 4.55. The van der Waals surface area contributed by atoms with E-state index < -0.39 is 0 Å². The van der Waals surface area contributed by atoms with Gasteiger partial charge in [-0.1, -0.05) is 0 Å². The van der Waals surface area contributed by atoms with Gasteiger partial charge in [-0.25, -0.2) is 4.98 Å². The first-order chi connectivity index (χ1) is 9.18. The van der Waals surface area contributed by atoms with E-state index in [0.29, 0.717) is 37.7 Å². The van der Waals surface area contributed by atoms with Gasteiger partial charge in [0.05, 0.1) is 24.3 Å². The first-order valence-electron chi connectivity index (χ1n) is 6.25. The van der Waals surface area contributed by atoms with E-state index >= 15 is 0 Å². The number of aromatic nitrogens is 2. The number of nitrogen functional groups attached to an aromatic ring is 1. The summed E-state index contributed by atoms with van der Waals surface area (Å²) in [6, 6.07) is 1.88. The number of anilines is 1. The molecule has 100 valence electrons. The maximum absolute atomic E-state index is 12.6. The number of pyridine rings is 1. The van der Waals surface area contributed by atoms with Gasteiger partial charge in [0.25, 0.3) is 5.91 Å². The van der Waals surface area contributed by atoms with Gasteiger partial charge in [-0.3, -0.25) is 4.79 Å². The molecule has 2 aromatic rings. The summed E-state index contributed by atoms with van der Waals surface area (Å²) in [6.07, 6.45) is 3.45. The van der Waals surface area contributed by atoms with Crippen LogP contribution in [0.15, 0.2) is 18.5 Å². The summed E-state index contributed by atoms with van der Waals surface area (Å²) in [5.41, 5.74) is 7.28. The number of hydrogen-bond donors (Lipinski definition) is 1. The molecule has 0 atom stereocenters. The minimum atomic E-state index is -0.0115. The van der Waals surface area contributed by atoms with Crippen molar-refractivity contribution in [3.05, 3.63) is 24.0 Å². The molecule has 6 nitrogen and oxygen atoms in total. The summed E-state index contributed by atoms with van der Waals surface area (Å²) in [5, 5.41) is 0.821. The number of rotatable bonds is 1. The van der Waals surface area contributed by atoms with Gasteiger partial charge in [-0.15, -0.1) is 0 Å². The second-order valence-electron chi connectivity index (χ2n) is 4.65. The Kier molecular flexibility index (Phi) is 2.87. The average molecular weight is 260 g/mol. The van der Waals surface area contributed by atoms with Crippen molar-refractivity contribution in [2.45, 2.75) is 0 Å². The van der Waals surface area contributed by atoms with Crippen molar-refractivity contribution in [2.75, 3.05) is 32.0 Å². The highest BCUT2D eigenvalue weighted by atomic mass is 16.5. The van der Waals surface area contributed by atoms with Crippen molar-refractivity contribution in [3.8, 4) is 0 Å². The van der Waals surface area contributed by atoms with Crippen LogP contribution in [0.2, 0.25) is 0 Å². The summed E-state index contributed by atoms with van der Waals surface area (Å²) < 4.78 is 7.17. The SMILES string of the molecule is Cn1ccc2c(N)ncc(C(=O)N3CCOCC3)c21. The quantitative estimate of drug-likeness (QED) is 0.816. The van der Waals surface area contributed by atoms with E-state index in [1.165, 1.54) is 0 Å². The number of nitrogens with two attached hydrogens (primary N) is 1. The fourth-order valence-corrected chi connectivity index (χ4v) is 2.43. The Hall–Kier alpha value is -2.08. The van der Waals surface area contributed by atoms with Gasteiger partial charge >= 0.3 is 0 Å². The van der Waals surface area contributed by atoms with Crippen molar-refractivity contribution in [1.82, 2.24) is 14.5 Å². The molecular weight excluding hydrogens is 244 g/mol. The van der Waals surface area contributed by atoms with Crippen LogP contribution in [0.4, 0.5) is 5.82 Å². The first-order valence-corrected chi connectivity index (χ1v) is 6.25. The van der Waals surface area contributed by atoms with Gasteiger partial charge in [0.15, 0.2) is 0 Å². The molecule has 0 bridgehead atoms. The van der Waals surface area contributed by atoms with Crippen molar-refractivity contribution in [3.63, 3.8) is 0 Å². The van der Waals surface area contributed by atoms with E-state index in [4.69, 9.17) is 10.5 Å². The molecule has 1 fully saturated rings. The highest BCUT2D eigenvalue weighted by Gasteiger charge is 2.22. The smallest absolute Gasteiger partial charge is 0.257 e. The molecule has 6 heteroatoms. The molecule has 19 heavy (non-hydrogen) atoms. The van der Waals surface area contributed by atoms with E-state index in [1.54, 1.807) is 11.1 Å². The molecule has 0 aromatic carbocycles. The highest BCUT2D eigenvalue weighted by molar-refractivity contribution is 6.07. The molecule has 0 unspecified atom stereocenters. The van der Waals surface area contributed by atoms with Crippen LogP contribution in [-0.2, 0) is 11.8 Å². The first kappa shape index (κ1) is 12.0. The number of carbonyl (C=O) groups excluding carboxylic acids is 1. The molecule has 3 rings (SSSR count). The van der Waals surface area contributed by atoms with Crippen LogP contribution >= 0.6 is 0 Å². The molecule has 1 aliphatic rings. The van der Waals surface area contributed by atoms with E-state index in [9.17, 15) is 4.79 Å². The van der Waals surface area contributed by atoms with E-state index in [1.807, 2.05) is 23.9 Å². The Bertz CT molecular complexity index is 629. The number of hydrogen-bond acceptors (Lipinski definition) is 4. The van der Waals surface area contributed by atoms with Crippen LogP contribution in [0.25, 0.3) is 10.9 Å². The third-order valence-electron chi connectivity index (χ3n) is 3.47. The Morgan fingerprint density at radius 3 is 2.89 bits per heavy atom. The standard InChI is InChI=1S/C13H16N4O2/c1-16-3-2-9-11(16)10(8-15-12(9)14)13(18)17-4-6-19-7-5-17/h2-3,8H,4-7H2,1H3,(H2,14,15). The van der Waals surface area contributed by atoms with Gasteiger partial charge in [0.1, 0.15) is 5.82 Å². The van der Waals surface area contributed by atoms with E-state index in [2.05, 4.69) is 4.98 Å². The number of aryl methyl sites for hydroxylation is 1.